The summed E-state index contributed by atoms with van der Waals surface area (Å²) >= 11 is 0. The molecule has 1 saturated heterocycles. The molecule has 1 aliphatic heterocycles. The fourth-order valence-corrected chi connectivity index (χ4v) is 3.08. The maximum absolute atomic E-state index is 12.6. The lowest BCUT2D eigenvalue weighted by molar-refractivity contribution is 0.0697. The number of amides is 1. The van der Waals surface area contributed by atoms with Gasteiger partial charge in [-0.1, -0.05) is 38.1 Å². The number of aromatic nitrogens is 1. The van der Waals surface area contributed by atoms with Gasteiger partial charge < -0.3 is 10.2 Å². The molecule has 1 aliphatic rings. The van der Waals surface area contributed by atoms with Crippen LogP contribution in [0.3, 0.4) is 0 Å². The SMILES string of the molecule is CC(C)NC1CCN(C(=O)c2cc3ccccc3cn2)CC1. The first-order valence-electron chi connectivity index (χ1n) is 8.03. The van der Waals surface area contributed by atoms with Crippen molar-refractivity contribution in [1.29, 1.82) is 0 Å². The van der Waals surface area contributed by atoms with Crippen LogP contribution in [0.15, 0.2) is 36.5 Å². The molecule has 1 fully saturated rings. The number of nitrogens with one attached hydrogen (secondary N) is 1. The first-order chi connectivity index (χ1) is 10.6. The van der Waals surface area contributed by atoms with Crippen LogP contribution in [0.1, 0.15) is 37.2 Å². The van der Waals surface area contributed by atoms with Crippen LogP contribution in [-0.2, 0) is 0 Å². The predicted octanol–water partition coefficient (Wildman–Crippen LogP) is 2.84. The van der Waals surface area contributed by atoms with E-state index in [0.717, 1.165) is 36.7 Å². The van der Waals surface area contributed by atoms with Crippen LogP contribution < -0.4 is 5.32 Å². The van der Waals surface area contributed by atoms with Crippen molar-refractivity contribution < 1.29 is 4.79 Å². The highest BCUT2D eigenvalue weighted by molar-refractivity contribution is 5.96. The Morgan fingerprint density at radius 2 is 1.91 bits per heavy atom. The Labute approximate surface area is 131 Å². The zero-order chi connectivity index (χ0) is 15.5. The van der Waals surface area contributed by atoms with E-state index in [2.05, 4.69) is 24.1 Å². The quantitative estimate of drug-likeness (QED) is 0.947. The van der Waals surface area contributed by atoms with E-state index in [1.54, 1.807) is 6.20 Å². The highest BCUT2D eigenvalue weighted by Crippen LogP contribution is 2.17. The van der Waals surface area contributed by atoms with Crippen LogP contribution in [0.4, 0.5) is 0 Å². The van der Waals surface area contributed by atoms with Crippen LogP contribution in [0.25, 0.3) is 10.8 Å². The smallest absolute Gasteiger partial charge is 0.272 e. The minimum Gasteiger partial charge on any atom is -0.337 e. The van der Waals surface area contributed by atoms with Gasteiger partial charge in [-0.3, -0.25) is 9.78 Å². The molecule has 0 spiro atoms. The number of rotatable bonds is 3. The molecule has 0 radical (unpaired) electrons. The van der Waals surface area contributed by atoms with Crippen LogP contribution >= 0.6 is 0 Å². The largest absolute Gasteiger partial charge is 0.337 e. The number of benzene rings is 1. The Morgan fingerprint density at radius 1 is 1.23 bits per heavy atom. The molecule has 1 aromatic carbocycles. The number of hydrogen-bond donors (Lipinski definition) is 1. The van der Waals surface area contributed by atoms with E-state index in [1.807, 2.05) is 35.2 Å². The number of pyridine rings is 1. The van der Waals surface area contributed by atoms with Crippen molar-refractivity contribution in [2.24, 2.45) is 0 Å². The molecule has 0 saturated carbocycles. The van der Waals surface area contributed by atoms with Gasteiger partial charge in [-0.05, 0) is 24.3 Å². The molecule has 0 aliphatic carbocycles. The van der Waals surface area contributed by atoms with Gasteiger partial charge in [-0.15, -0.1) is 0 Å². The molecule has 2 heterocycles. The van der Waals surface area contributed by atoms with Crippen molar-refractivity contribution in [3.8, 4) is 0 Å². The molecule has 1 N–H and O–H groups in total. The molecule has 0 bridgehead atoms. The maximum atomic E-state index is 12.6. The molecule has 4 heteroatoms. The second-order valence-electron chi connectivity index (χ2n) is 6.30. The summed E-state index contributed by atoms with van der Waals surface area (Å²) in [6.45, 7) is 5.93. The van der Waals surface area contributed by atoms with Gasteiger partial charge in [0.25, 0.3) is 5.91 Å². The van der Waals surface area contributed by atoms with Gasteiger partial charge >= 0.3 is 0 Å². The number of hydrogen-bond acceptors (Lipinski definition) is 3. The Morgan fingerprint density at radius 3 is 2.59 bits per heavy atom. The second kappa shape index (κ2) is 6.44. The summed E-state index contributed by atoms with van der Waals surface area (Å²) in [5.41, 5.74) is 0.550. The summed E-state index contributed by atoms with van der Waals surface area (Å²) in [7, 11) is 0. The van der Waals surface area contributed by atoms with Crippen LogP contribution in [-0.4, -0.2) is 41.0 Å². The monoisotopic (exact) mass is 297 g/mol. The van der Waals surface area contributed by atoms with Gasteiger partial charge in [0.2, 0.25) is 0 Å². The van der Waals surface area contributed by atoms with E-state index in [0.29, 0.717) is 17.8 Å². The average molecular weight is 297 g/mol. The third kappa shape index (κ3) is 3.28. The Bertz CT molecular complexity index is 660. The first-order valence-corrected chi connectivity index (χ1v) is 8.03. The zero-order valence-electron chi connectivity index (χ0n) is 13.2. The number of fused-ring (bicyclic) bond motifs is 1. The minimum absolute atomic E-state index is 0.0498. The van der Waals surface area contributed by atoms with Crippen molar-refractivity contribution in [3.05, 3.63) is 42.2 Å². The summed E-state index contributed by atoms with van der Waals surface area (Å²) in [6, 6.07) is 10.9. The lowest BCUT2D eigenvalue weighted by Gasteiger charge is -2.33. The summed E-state index contributed by atoms with van der Waals surface area (Å²) < 4.78 is 0. The molecule has 22 heavy (non-hydrogen) atoms. The lowest BCUT2D eigenvalue weighted by Crippen LogP contribution is -2.46. The zero-order valence-corrected chi connectivity index (χ0v) is 13.2. The van der Waals surface area contributed by atoms with Gasteiger partial charge in [-0.2, -0.15) is 0 Å². The molecular weight excluding hydrogens is 274 g/mol. The second-order valence-corrected chi connectivity index (χ2v) is 6.30. The van der Waals surface area contributed by atoms with Gasteiger partial charge in [0.15, 0.2) is 0 Å². The molecule has 4 nitrogen and oxygen atoms in total. The van der Waals surface area contributed by atoms with E-state index >= 15 is 0 Å². The van der Waals surface area contributed by atoms with Crippen molar-refractivity contribution in [2.75, 3.05) is 13.1 Å². The number of carbonyl (C=O) groups excluding carboxylic acids is 1. The third-order valence-electron chi connectivity index (χ3n) is 4.20. The van der Waals surface area contributed by atoms with Crippen LogP contribution in [0, 0.1) is 0 Å². The van der Waals surface area contributed by atoms with Crippen LogP contribution in [0.5, 0.6) is 0 Å². The Balaban J connectivity index is 1.68. The van der Waals surface area contributed by atoms with Gasteiger partial charge in [0.1, 0.15) is 5.69 Å². The van der Waals surface area contributed by atoms with E-state index in [9.17, 15) is 4.79 Å². The Hall–Kier alpha value is -1.94. The number of carbonyl (C=O) groups is 1. The molecule has 0 atom stereocenters. The molecule has 1 aromatic heterocycles. The lowest BCUT2D eigenvalue weighted by atomic mass is 10.0. The normalized spacial score (nSPS) is 16.4. The maximum Gasteiger partial charge on any atom is 0.272 e. The molecule has 2 aromatic rings. The van der Waals surface area contributed by atoms with Crippen LogP contribution in [0.2, 0.25) is 0 Å². The third-order valence-corrected chi connectivity index (χ3v) is 4.20. The van der Waals surface area contributed by atoms with E-state index in [-0.39, 0.29) is 5.91 Å². The topological polar surface area (TPSA) is 45.2 Å². The highest BCUT2D eigenvalue weighted by Gasteiger charge is 2.24. The van der Waals surface area contributed by atoms with Gasteiger partial charge in [-0.25, -0.2) is 0 Å². The van der Waals surface area contributed by atoms with Gasteiger partial charge in [0, 0.05) is 36.8 Å². The van der Waals surface area contributed by atoms with E-state index in [4.69, 9.17) is 0 Å². The summed E-state index contributed by atoms with van der Waals surface area (Å²) in [5, 5.41) is 5.69. The van der Waals surface area contributed by atoms with Crippen molar-refractivity contribution >= 4 is 16.7 Å². The minimum atomic E-state index is 0.0498. The van der Waals surface area contributed by atoms with Crippen molar-refractivity contribution in [1.82, 2.24) is 15.2 Å². The van der Waals surface area contributed by atoms with Crippen molar-refractivity contribution in [3.63, 3.8) is 0 Å². The summed E-state index contributed by atoms with van der Waals surface area (Å²) in [4.78, 5) is 18.9. The molecule has 0 unspecified atom stereocenters. The average Bonchev–Trinajstić information content (AvgIpc) is 2.54. The molecule has 1 amide bonds. The van der Waals surface area contributed by atoms with E-state index in [1.165, 1.54) is 0 Å². The fraction of sp³-hybridized carbons (Fsp3) is 0.444. The number of nitrogens with zero attached hydrogens (tertiary/aromatic N) is 2. The summed E-state index contributed by atoms with van der Waals surface area (Å²) in [6.07, 6.45) is 3.81. The number of likely N-dealkylation sites (tertiary alicyclic amines) is 1. The Kier molecular flexibility index (Phi) is 4.39. The van der Waals surface area contributed by atoms with Crippen molar-refractivity contribution in [2.45, 2.75) is 38.8 Å². The van der Waals surface area contributed by atoms with E-state index < -0.39 is 0 Å². The van der Waals surface area contributed by atoms with Gasteiger partial charge in [0.05, 0.1) is 0 Å². The highest BCUT2D eigenvalue weighted by atomic mass is 16.2. The first kappa shape index (κ1) is 15.0. The standard InChI is InChI=1S/C18H23N3O/c1-13(2)20-16-7-9-21(10-8-16)18(22)17-11-14-5-3-4-6-15(14)12-19-17/h3-6,11-13,16,20H,7-10H2,1-2H3. The molecule has 3 rings (SSSR count). The number of piperidine rings is 1. The molecule has 116 valence electrons. The fourth-order valence-electron chi connectivity index (χ4n) is 3.08. The predicted molar refractivity (Wildman–Crippen MR) is 88.9 cm³/mol. The summed E-state index contributed by atoms with van der Waals surface area (Å²) in [5.74, 6) is 0.0498. The molecular formula is C18H23N3O.